The topological polar surface area (TPSA) is 83.1 Å². The maximum Gasteiger partial charge on any atom is 0.271 e. The number of furan rings is 1. The van der Waals surface area contributed by atoms with Crippen molar-refractivity contribution in [1.82, 2.24) is 9.47 Å². The zero-order valence-electron chi connectivity index (χ0n) is 22.1. The Balaban J connectivity index is 1.41. The standard InChI is InChI=1S/C30H28FN5O3S/c1-19-26(28(37)33-22-6-4-3-5-7-22)27(20-8-10-21(31)11-9-20)36-29(38)24(40-30(36)32-19)18-23-12-13-25(39-23)35-16-14-34(2)15-17-35/h3-13,18,27H,14-17H2,1-2H3,(H,33,37)/b24-18-. The van der Waals surface area contributed by atoms with E-state index in [1.807, 2.05) is 30.3 Å². The van der Waals surface area contributed by atoms with Crippen molar-refractivity contribution >= 4 is 34.9 Å². The molecule has 1 amide bonds. The number of piperazine rings is 1. The lowest BCUT2D eigenvalue weighted by atomic mass is 9.95. The Morgan fingerprint density at radius 3 is 2.50 bits per heavy atom. The molecule has 6 rings (SSSR count). The highest BCUT2D eigenvalue weighted by molar-refractivity contribution is 7.07. The third-order valence-corrected chi connectivity index (χ3v) is 8.17. The van der Waals surface area contributed by atoms with Gasteiger partial charge in [0.1, 0.15) is 11.6 Å². The van der Waals surface area contributed by atoms with Crippen LogP contribution in [-0.2, 0) is 4.79 Å². The van der Waals surface area contributed by atoms with Gasteiger partial charge in [0.2, 0.25) is 0 Å². The van der Waals surface area contributed by atoms with Crippen molar-refractivity contribution in [3.05, 3.63) is 115 Å². The van der Waals surface area contributed by atoms with Crippen molar-refractivity contribution < 1.29 is 13.6 Å². The first kappa shape index (κ1) is 26.0. The number of aromatic nitrogens is 1. The molecule has 1 N–H and O–H groups in total. The average Bonchev–Trinajstić information content (AvgIpc) is 3.53. The minimum Gasteiger partial charge on any atom is -0.441 e. The number of para-hydroxylation sites is 1. The number of hydrogen-bond donors (Lipinski definition) is 1. The predicted molar refractivity (Wildman–Crippen MR) is 154 cm³/mol. The number of fused-ring (bicyclic) bond motifs is 1. The highest BCUT2D eigenvalue weighted by atomic mass is 32.1. The maximum absolute atomic E-state index is 13.9. The molecule has 10 heteroatoms. The molecular weight excluding hydrogens is 529 g/mol. The van der Waals surface area contributed by atoms with Gasteiger partial charge < -0.3 is 19.5 Å². The molecule has 2 aliphatic rings. The quantitative estimate of drug-likeness (QED) is 0.407. The second-order valence-electron chi connectivity index (χ2n) is 9.92. The number of halogens is 1. The van der Waals surface area contributed by atoms with Crippen molar-refractivity contribution in [1.29, 1.82) is 0 Å². The molecule has 0 spiro atoms. The van der Waals surface area contributed by atoms with Gasteiger partial charge in [0.25, 0.3) is 11.5 Å². The second-order valence-corrected chi connectivity index (χ2v) is 10.9. The molecule has 8 nitrogen and oxygen atoms in total. The molecule has 1 unspecified atom stereocenters. The van der Waals surface area contributed by atoms with Gasteiger partial charge >= 0.3 is 0 Å². The third kappa shape index (κ3) is 5.03. The first-order valence-electron chi connectivity index (χ1n) is 13.0. The van der Waals surface area contributed by atoms with Gasteiger partial charge in [-0.1, -0.05) is 41.7 Å². The number of carbonyl (C=O) groups excluding carboxylic acids is 1. The molecule has 1 saturated heterocycles. The van der Waals surface area contributed by atoms with Crippen LogP contribution < -0.4 is 25.1 Å². The zero-order valence-corrected chi connectivity index (χ0v) is 23.0. The van der Waals surface area contributed by atoms with E-state index in [2.05, 4.69) is 27.2 Å². The van der Waals surface area contributed by atoms with Gasteiger partial charge in [0.05, 0.1) is 21.8 Å². The number of nitrogens with zero attached hydrogens (tertiary/aromatic N) is 4. The van der Waals surface area contributed by atoms with Crippen LogP contribution in [0.1, 0.15) is 24.3 Å². The zero-order chi connectivity index (χ0) is 27.8. The molecule has 0 bridgehead atoms. The second kappa shape index (κ2) is 10.7. The molecule has 1 atom stereocenters. The lowest BCUT2D eigenvalue weighted by molar-refractivity contribution is -0.113. The van der Waals surface area contributed by atoms with Crippen molar-refractivity contribution in [3.8, 4) is 0 Å². The Labute approximate surface area is 234 Å². The Bertz CT molecular complexity index is 1760. The number of thiazole rings is 1. The Morgan fingerprint density at radius 2 is 1.77 bits per heavy atom. The molecule has 1 fully saturated rings. The summed E-state index contributed by atoms with van der Waals surface area (Å²) in [5.41, 5.74) is 1.75. The highest BCUT2D eigenvalue weighted by Crippen LogP contribution is 2.31. The van der Waals surface area contributed by atoms with Crippen LogP contribution in [0.25, 0.3) is 6.08 Å². The molecule has 0 aliphatic carbocycles. The molecule has 40 heavy (non-hydrogen) atoms. The average molecular weight is 558 g/mol. The number of rotatable bonds is 5. The monoisotopic (exact) mass is 557 g/mol. The smallest absolute Gasteiger partial charge is 0.271 e. The van der Waals surface area contributed by atoms with Crippen molar-refractivity contribution in [3.63, 3.8) is 0 Å². The van der Waals surface area contributed by atoms with Crippen LogP contribution in [0.15, 0.2) is 92.2 Å². The summed E-state index contributed by atoms with van der Waals surface area (Å²) in [6.07, 6.45) is 1.72. The number of likely N-dealkylation sites (N-methyl/N-ethyl adjacent to an activating group) is 1. The summed E-state index contributed by atoms with van der Waals surface area (Å²) in [4.78, 5) is 37.0. The van der Waals surface area contributed by atoms with Crippen LogP contribution >= 0.6 is 11.3 Å². The molecule has 2 aliphatic heterocycles. The van der Waals surface area contributed by atoms with E-state index in [0.29, 0.717) is 37.6 Å². The summed E-state index contributed by atoms with van der Waals surface area (Å²) in [5, 5.41) is 2.91. The number of benzene rings is 2. The Morgan fingerprint density at radius 1 is 1.05 bits per heavy atom. The van der Waals surface area contributed by atoms with Gasteiger partial charge in [-0.3, -0.25) is 14.2 Å². The largest absolute Gasteiger partial charge is 0.441 e. The van der Waals surface area contributed by atoms with Gasteiger partial charge in [-0.05, 0) is 49.9 Å². The molecule has 2 aromatic heterocycles. The van der Waals surface area contributed by atoms with Gasteiger partial charge in [-0.25, -0.2) is 9.38 Å². The molecule has 2 aromatic carbocycles. The van der Waals surface area contributed by atoms with Crippen LogP contribution in [0.3, 0.4) is 0 Å². The van der Waals surface area contributed by atoms with E-state index in [0.717, 1.165) is 32.1 Å². The number of anilines is 2. The SMILES string of the molecule is CC1=C(C(=O)Nc2ccccc2)C(c2ccc(F)cc2)n2c(s/c(=C\c3ccc(N4CCN(C)CC4)o3)c2=O)=N1. The molecule has 204 valence electrons. The molecular formula is C30H28FN5O3S. The highest BCUT2D eigenvalue weighted by Gasteiger charge is 2.32. The van der Waals surface area contributed by atoms with Crippen LogP contribution in [0.4, 0.5) is 16.0 Å². The number of allylic oxidation sites excluding steroid dienone is 1. The van der Waals surface area contributed by atoms with Crippen LogP contribution in [-0.4, -0.2) is 48.6 Å². The van der Waals surface area contributed by atoms with Crippen LogP contribution in [0, 0.1) is 5.82 Å². The fraction of sp³-hybridized carbons (Fsp3) is 0.233. The van der Waals surface area contributed by atoms with Gasteiger partial charge in [-0.15, -0.1) is 0 Å². The maximum atomic E-state index is 13.9. The fourth-order valence-electron chi connectivity index (χ4n) is 5.04. The van der Waals surface area contributed by atoms with Gasteiger partial charge in [-0.2, -0.15) is 0 Å². The van der Waals surface area contributed by atoms with E-state index in [1.54, 1.807) is 37.3 Å². The van der Waals surface area contributed by atoms with E-state index in [1.165, 1.54) is 28.0 Å². The summed E-state index contributed by atoms with van der Waals surface area (Å²) in [7, 11) is 2.10. The number of hydrogen-bond acceptors (Lipinski definition) is 7. The lowest BCUT2D eigenvalue weighted by Crippen LogP contribution is -2.44. The first-order chi connectivity index (χ1) is 19.4. The molecule has 4 aromatic rings. The van der Waals surface area contributed by atoms with Crippen LogP contribution in [0.2, 0.25) is 0 Å². The number of carbonyl (C=O) groups is 1. The number of nitrogens with one attached hydrogen (secondary N) is 1. The summed E-state index contributed by atoms with van der Waals surface area (Å²) in [6, 6.07) is 17.9. The molecule has 0 radical (unpaired) electrons. The van der Waals surface area contributed by atoms with Gasteiger partial charge in [0, 0.05) is 44.0 Å². The minimum absolute atomic E-state index is 0.298. The third-order valence-electron chi connectivity index (χ3n) is 7.18. The molecule has 0 saturated carbocycles. The Kier molecular flexibility index (Phi) is 6.95. The minimum atomic E-state index is -0.778. The first-order valence-corrected chi connectivity index (χ1v) is 13.9. The van der Waals surface area contributed by atoms with E-state index in [4.69, 9.17) is 4.42 Å². The van der Waals surface area contributed by atoms with Crippen molar-refractivity contribution in [2.75, 3.05) is 43.4 Å². The van der Waals surface area contributed by atoms with Gasteiger partial charge in [0.15, 0.2) is 10.7 Å². The lowest BCUT2D eigenvalue weighted by Gasteiger charge is -2.32. The fourth-order valence-corrected chi connectivity index (χ4v) is 6.06. The molecule has 4 heterocycles. The summed E-state index contributed by atoms with van der Waals surface area (Å²) >= 11 is 1.23. The number of amides is 1. The van der Waals surface area contributed by atoms with Crippen LogP contribution in [0.5, 0.6) is 0 Å². The van der Waals surface area contributed by atoms with Crippen molar-refractivity contribution in [2.24, 2.45) is 4.99 Å². The Hall–Kier alpha value is -4.28. The van der Waals surface area contributed by atoms with E-state index >= 15 is 0 Å². The summed E-state index contributed by atoms with van der Waals surface area (Å²) in [5.74, 6) is 0.558. The van der Waals surface area contributed by atoms with E-state index in [9.17, 15) is 14.0 Å². The van der Waals surface area contributed by atoms with Crippen molar-refractivity contribution in [2.45, 2.75) is 13.0 Å². The predicted octanol–water partition coefficient (Wildman–Crippen LogP) is 3.36. The summed E-state index contributed by atoms with van der Waals surface area (Å²) in [6.45, 7) is 5.41. The summed E-state index contributed by atoms with van der Waals surface area (Å²) < 4.78 is 21.9. The van der Waals surface area contributed by atoms with E-state index in [-0.39, 0.29) is 11.5 Å². The normalized spacial score (nSPS) is 18.0. The van der Waals surface area contributed by atoms with E-state index < -0.39 is 11.9 Å².